The van der Waals surface area contributed by atoms with Gasteiger partial charge in [0.1, 0.15) is 24.1 Å². The summed E-state index contributed by atoms with van der Waals surface area (Å²) in [5.74, 6) is -1.29. The Morgan fingerprint density at radius 2 is 1.51 bits per heavy atom. The smallest absolute Gasteiger partial charge is 0.451 e. The number of carbonyl (C=O) groups excluding carboxylic acids is 2. The van der Waals surface area contributed by atoms with E-state index in [1.54, 1.807) is 30.3 Å². The van der Waals surface area contributed by atoms with Gasteiger partial charge in [0.25, 0.3) is 0 Å². The number of aliphatic hydroxyl groups excluding tert-OH is 1. The Balaban J connectivity index is 1.36. The minimum absolute atomic E-state index is 0.0183. The van der Waals surface area contributed by atoms with Gasteiger partial charge in [-0.25, -0.2) is 33.4 Å². The van der Waals surface area contributed by atoms with E-state index < -0.39 is 60.6 Å². The lowest BCUT2D eigenvalue weighted by Crippen LogP contribution is -2.37. The average Bonchev–Trinajstić information content (AvgIpc) is 3.56. The summed E-state index contributed by atoms with van der Waals surface area (Å²) >= 11 is 0. The van der Waals surface area contributed by atoms with Crippen LogP contribution in [0.1, 0.15) is 32.5 Å². The number of nitrogens with zero attached hydrogens (tertiary/aromatic N) is 4. The number of nitrogens with two attached hydrogens (primary N) is 1. The fraction of sp³-hybridized carbons (Fsp3) is 0.208. The van der Waals surface area contributed by atoms with E-state index in [2.05, 4.69) is 28.1 Å². The van der Waals surface area contributed by atoms with Crippen LogP contribution in [0.5, 0.6) is 0 Å². The second kappa shape index (κ2) is 13.4. The Labute approximate surface area is 263 Å². The molecule has 0 spiro atoms. The predicted octanol–water partition coefficient (Wildman–Crippen LogP) is 1.47. The van der Waals surface area contributed by atoms with Crippen LogP contribution in [-0.2, 0) is 36.3 Å². The molecule has 3 heterocycles. The van der Waals surface area contributed by atoms with Gasteiger partial charge in [0.05, 0.1) is 18.5 Å². The van der Waals surface area contributed by atoms with E-state index in [0.29, 0.717) is 5.56 Å². The molecule has 2 aromatic carbocycles. The number of imidazole rings is 1. The Kier molecular flexibility index (Phi) is 9.87. The lowest BCUT2D eigenvalue weighted by Gasteiger charge is -2.22. The second-order valence-electron chi connectivity index (χ2n) is 9.67. The standard InChI is InChI=1S/C24H24N5O15P3/c25-21-17-22(27-11-26-21)29(12-28-17)23-20(19(31)16(41-23)10-40-46(36,37)44-47(38,39)43-45(33,34)35)42-24(32)15-8-6-14(7-9-15)18(30)13-4-2-1-3-5-13/h1-9,11-12,16,19-20,23,31H,10H2,(H,36,37)(H,38,39)(H2,25,26,27)(H2,33,34,35)/t16-,19?,20?,23-/m1/s1. The highest BCUT2D eigenvalue weighted by Gasteiger charge is 2.49. The fourth-order valence-electron chi connectivity index (χ4n) is 4.44. The first-order chi connectivity index (χ1) is 22.0. The van der Waals surface area contributed by atoms with E-state index in [1.807, 2.05) is 0 Å². The van der Waals surface area contributed by atoms with Crippen LogP contribution in [0.25, 0.3) is 11.2 Å². The van der Waals surface area contributed by atoms with Crippen molar-refractivity contribution >= 4 is 52.2 Å². The third-order valence-electron chi connectivity index (χ3n) is 6.45. The molecular formula is C24H24N5O15P3. The third kappa shape index (κ3) is 8.22. The van der Waals surface area contributed by atoms with Crippen LogP contribution in [-0.4, -0.2) is 80.9 Å². The van der Waals surface area contributed by atoms with E-state index in [9.17, 15) is 38.2 Å². The van der Waals surface area contributed by atoms with Gasteiger partial charge in [-0.3, -0.25) is 13.9 Å². The molecule has 0 saturated carbocycles. The molecule has 6 atom stereocenters. The molecular weight excluding hydrogens is 691 g/mol. The van der Waals surface area contributed by atoms with Crippen LogP contribution < -0.4 is 5.73 Å². The molecule has 20 nitrogen and oxygen atoms in total. The normalized spacial score (nSPS) is 22.4. The van der Waals surface area contributed by atoms with Crippen LogP contribution >= 0.6 is 23.5 Å². The van der Waals surface area contributed by atoms with Gasteiger partial charge in [-0.1, -0.05) is 42.5 Å². The molecule has 0 aliphatic carbocycles. The number of aliphatic hydroxyl groups is 1. The molecule has 1 aliphatic heterocycles. The number of ether oxygens (including phenoxy) is 2. The first-order valence-electron chi connectivity index (χ1n) is 13.0. The van der Waals surface area contributed by atoms with Crippen LogP contribution in [0.15, 0.2) is 67.3 Å². The summed E-state index contributed by atoms with van der Waals surface area (Å²) in [6.45, 7) is -1.06. The van der Waals surface area contributed by atoms with Gasteiger partial charge in [-0.2, -0.15) is 8.62 Å². The van der Waals surface area contributed by atoms with Gasteiger partial charge < -0.3 is 39.9 Å². The molecule has 0 amide bonds. The number of phosphoric ester groups is 1. The minimum atomic E-state index is -5.82. The Bertz CT molecular complexity index is 1940. The Morgan fingerprint density at radius 3 is 2.17 bits per heavy atom. The van der Waals surface area contributed by atoms with Crippen LogP contribution in [0.2, 0.25) is 0 Å². The molecule has 0 bridgehead atoms. The zero-order valence-electron chi connectivity index (χ0n) is 23.4. The van der Waals surface area contributed by atoms with Gasteiger partial charge in [0, 0.05) is 11.1 Å². The van der Waals surface area contributed by atoms with E-state index in [4.69, 9.17) is 25.0 Å². The maximum atomic E-state index is 13.2. The molecule has 250 valence electrons. The molecule has 1 saturated heterocycles. The van der Waals surface area contributed by atoms with Gasteiger partial charge in [0.15, 0.2) is 29.6 Å². The first kappa shape index (κ1) is 34.6. The highest BCUT2D eigenvalue weighted by molar-refractivity contribution is 7.66. The number of nitrogen functional groups attached to an aromatic ring is 1. The number of carbonyl (C=O) groups is 2. The van der Waals surface area contributed by atoms with Crippen LogP contribution in [0.3, 0.4) is 0 Å². The molecule has 2 aromatic heterocycles. The largest absolute Gasteiger partial charge is 0.490 e. The van der Waals surface area contributed by atoms with Crippen molar-refractivity contribution in [2.24, 2.45) is 0 Å². The summed E-state index contributed by atoms with van der Waals surface area (Å²) in [7, 11) is -17.1. The summed E-state index contributed by atoms with van der Waals surface area (Å²) in [6, 6.07) is 13.9. The SMILES string of the molecule is Nc1ncnc2c1ncn2[C@@H]1O[C@H](COP(=O)(O)OP(=O)(O)OP(=O)(O)O)C(O)C1OC(=O)c1ccc(C(=O)c2ccccc2)cc1. The topological polar surface area (TPSA) is 302 Å². The van der Waals surface area contributed by atoms with Crippen LogP contribution in [0.4, 0.5) is 5.82 Å². The molecule has 0 radical (unpaired) electrons. The van der Waals surface area contributed by atoms with Gasteiger partial charge >= 0.3 is 29.4 Å². The maximum Gasteiger partial charge on any atom is 0.490 e. The first-order valence-corrected chi connectivity index (χ1v) is 17.5. The lowest BCUT2D eigenvalue weighted by molar-refractivity contribution is -0.0558. The van der Waals surface area contributed by atoms with Crippen LogP contribution in [0, 0.1) is 0 Å². The zero-order chi connectivity index (χ0) is 34.1. The highest BCUT2D eigenvalue weighted by Crippen LogP contribution is 2.66. The highest BCUT2D eigenvalue weighted by atomic mass is 31.3. The summed E-state index contributed by atoms with van der Waals surface area (Å²) < 4.78 is 59.4. The number of hydrogen-bond donors (Lipinski definition) is 6. The van der Waals surface area contributed by atoms with Crippen molar-refractivity contribution in [3.63, 3.8) is 0 Å². The molecule has 5 rings (SSSR count). The fourth-order valence-corrected chi connectivity index (χ4v) is 7.47. The van der Waals surface area contributed by atoms with Crippen molar-refractivity contribution in [1.82, 2.24) is 19.5 Å². The lowest BCUT2D eigenvalue weighted by atomic mass is 10.0. The third-order valence-corrected chi connectivity index (χ3v) is 10.3. The van der Waals surface area contributed by atoms with E-state index in [0.717, 1.165) is 6.33 Å². The maximum absolute atomic E-state index is 13.2. The monoisotopic (exact) mass is 715 g/mol. The number of hydrogen-bond acceptors (Lipinski definition) is 15. The number of rotatable bonds is 12. The Morgan fingerprint density at radius 1 is 0.872 bits per heavy atom. The summed E-state index contributed by atoms with van der Waals surface area (Å²) in [4.78, 5) is 74.6. The molecule has 4 unspecified atom stereocenters. The predicted molar refractivity (Wildman–Crippen MR) is 155 cm³/mol. The molecule has 1 fully saturated rings. The van der Waals surface area contributed by atoms with E-state index >= 15 is 0 Å². The molecule has 7 N–H and O–H groups in total. The number of phosphoric acid groups is 3. The van der Waals surface area contributed by atoms with E-state index in [-0.39, 0.29) is 33.9 Å². The summed E-state index contributed by atoms with van der Waals surface area (Å²) in [5, 5.41) is 11.1. The van der Waals surface area contributed by atoms with Gasteiger partial charge in [0.2, 0.25) is 0 Å². The summed E-state index contributed by atoms with van der Waals surface area (Å²) in [6.07, 6.45) is -4.15. The molecule has 4 aromatic rings. The second-order valence-corrected chi connectivity index (χ2v) is 14.1. The summed E-state index contributed by atoms with van der Waals surface area (Å²) in [5.41, 5.74) is 6.72. The average molecular weight is 715 g/mol. The van der Waals surface area contributed by atoms with Crippen molar-refractivity contribution in [2.45, 2.75) is 24.5 Å². The zero-order valence-corrected chi connectivity index (χ0v) is 26.1. The van der Waals surface area contributed by atoms with E-state index in [1.165, 1.54) is 35.2 Å². The molecule has 23 heteroatoms. The number of benzene rings is 2. The van der Waals surface area contributed by atoms with Gasteiger partial charge in [-0.15, -0.1) is 0 Å². The molecule has 47 heavy (non-hydrogen) atoms. The van der Waals surface area contributed by atoms with Crippen molar-refractivity contribution in [1.29, 1.82) is 0 Å². The van der Waals surface area contributed by atoms with Crippen molar-refractivity contribution in [3.8, 4) is 0 Å². The van der Waals surface area contributed by atoms with Crippen molar-refractivity contribution in [3.05, 3.63) is 83.9 Å². The van der Waals surface area contributed by atoms with Crippen molar-refractivity contribution in [2.75, 3.05) is 12.3 Å². The number of ketones is 1. The van der Waals surface area contributed by atoms with Crippen molar-refractivity contribution < 1.29 is 70.6 Å². The minimum Gasteiger partial charge on any atom is -0.451 e. The molecule has 1 aliphatic rings. The Hall–Kier alpha value is -3.74. The number of esters is 1. The number of aromatic nitrogens is 4. The number of fused-ring (bicyclic) bond motifs is 1. The van der Waals surface area contributed by atoms with Gasteiger partial charge in [-0.05, 0) is 12.1 Å². The quantitative estimate of drug-likeness (QED) is 0.0687. The number of anilines is 1.